The smallest absolute Gasteiger partial charge is 0.407 e. The number of carbonyl (C=O) groups excluding carboxylic acids is 3. The fourth-order valence-corrected chi connectivity index (χ4v) is 8.86. The van der Waals surface area contributed by atoms with Gasteiger partial charge in [-0.15, -0.1) is 0 Å². The topological polar surface area (TPSA) is 136 Å². The molecule has 2 bridgehead atoms. The van der Waals surface area contributed by atoms with Crippen LogP contribution in [0, 0.1) is 23.7 Å². The minimum absolute atomic E-state index is 0.0578. The Labute approximate surface area is 321 Å². The fourth-order valence-electron chi connectivity index (χ4n) is 8.86. The van der Waals surface area contributed by atoms with Gasteiger partial charge < -0.3 is 29.8 Å². The molecule has 1 aliphatic carbocycles. The Morgan fingerprint density at radius 2 is 1.56 bits per heavy atom. The number of benzene rings is 3. The quantitative estimate of drug-likeness (QED) is 0.130. The molecule has 1 saturated heterocycles. The van der Waals surface area contributed by atoms with Crippen molar-refractivity contribution in [1.82, 2.24) is 35.1 Å². The second-order valence-electron chi connectivity index (χ2n) is 16.5. The van der Waals surface area contributed by atoms with Crippen LogP contribution >= 0.6 is 0 Å². The number of amides is 3. The fraction of sp³-hybridized carbons (Fsp3) is 0.432. The standard InChI is InChI=1S/C44H51N7O4/c1-23(2)26(6)42(52)50-22-25(5)16-37(50)40-45-21-36(48-40)31-11-10-27-17-28(8-9-29(27)18-31)30-13-15-34-35(20-30)47-41(46-34)39-32-12-14-33(19-32)51(39)43(53)38(24(3)4)49-44(54)55-7/h8-11,13,15-18,20-21,23-24,26,32-33,37-39H,12,14,19,22H2,1-7H3,(H,45,48)(H,46,47)(H,49,54)/t26-,32+,33-,37-,38-,39-/m0/s1. The van der Waals surface area contributed by atoms with E-state index >= 15 is 0 Å². The Kier molecular flexibility index (Phi) is 9.51. The van der Waals surface area contributed by atoms with Crippen LogP contribution in [0.25, 0.3) is 44.2 Å². The molecule has 2 fully saturated rings. The van der Waals surface area contributed by atoms with Gasteiger partial charge in [0.2, 0.25) is 11.8 Å². The predicted molar refractivity (Wildman–Crippen MR) is 214 cm³/mol. The molecule has 55 heavy (non-hydrogen) atoms. The van der Waals surface area contributed by atoms with Gasteiger partial charge in [-0.3, -0.25) is 9.59 Å². The molecule has 3 amide bonds. The molecular weight excluding hydrogens is 691 g/mol. The maximum absolute atomic E-state index is 14.0. The second-order valence-corrected chi connectivity index (χ2v) is 16.5. The number of alkyl carbamates (subject to hydrolysis) is 1. The van der Waals surface area contributed by atoms with Crippen LogP contribution in [-0.4, -0.2) is 73.4 Å². The Bertz CT molecular complexity index is 2320. The zero-order valence-electron chi connectivity index (χ0n) is 32.7. The Hall–Kier alpha value is -5.45. The molecule has 6 atom stereocenters. The maximum Gasteiger partial charge on any atom is 0.407 e. The van der Waals surface area contributed by atoms with E-state index < -0.39 is 12.1 Å². The number of rotatable bonds is 9. The van der Waals surface area contributed by atoms with Gasteiger partial charge in [0, 0.05) is 24.1 Å². The summed E-state index contributed by atoms with van der Waals surface area (Å²) in [6.07, 6.45) is 6.35. The van der Waals surface area contributed by atoms with E-state index in [1.54, 1.807) is 0 Å². The summed E-state index contributed by atoms with van der Waals surface area (Å²) in [5.74, 6) is 2.08. The molecule has 2 aliphatic heterocycles. The van der Waals surface area contributed by atoms with Crippen molar-refractivity contribution in [2.24, 2.45) is 23.7 Å². The molecule has 11 nitrogen and oxygen atoms in total. The van der Waals surface area contributed by atoms with Crippen LogP contribution < -0.4 is 5.32 Å². The van der Waals surface area contributed by atoms with E-state index in [2.05, 4.69) is 90.7 Å². The van der Waals surface area contributed by atoms with Gasteiger partial charge in [0.05, 0.1) is 36.1 Å². The van der Waals surface area contributed by atoms with Crippen molar-refractivity contribution in [1.29, 1.82) is 0 Å². The van der Waals surface area contributed by atoms with Crippen LogP contribution in [0.5, 0.6) is 0 Å². The van der Waals surface area contributed by atoms with Gasteiger partial charge in [-0.05, 0) is 90.1 Å². The van der Waals surface area contributed by atoms with Gasteiger partial charge in [0.25, 0.3) is 0 Å². The summed E-state index contributed by atoms with van der Waals surface area (Å²) < 4.78 is 4.84. The first-order valence-corrected chi connectivity index (χ1v) is 19.6. The second kappa shape index (κ2) is 14.3. The number of ether oxygens (including phenoxy) is 1. The molecular formula is C44H51N7O4. The number of likely N-dealkylation sites (tertiary alicyclic amines) is 1. The van der Waals surface area contributed by atoms with E-state index in [1.165, 1.54) is 12.7 Å². The molecule has 2 aromatic heterocycles. The summed E-state index contributed by atoms with van der Waals surface area (Å²) in [7, 11) is 1.31. The van der Waals surface area contributed by atoms with Crippen molar-refractivity contribution in [2.45, 2.75) is 85.0 Å². The van der Waals surface area contributed by atoms with E-state index in [9.17, 15) is 14.4 Å². The van der Waals surface area contributed by atoms with Gasteiger partial charge in [-0.2, -0.15) is 0 Å². The lowest BCUT2D eigenvalue weighted by Crippen LogP contribution is -2.54. The van der Waals surface area contributed by atoms with E-state index in [-0.39, 0.29) is 47.7 Å². The highest BCUT2D eigenvalue weighted by atomic mass is 16.5. The number of aromatic amines is 2. The molecule has 0 radical (unpaired) electrons. The normalized spacial score (nSPS) is 21.9. The number of H-pyrrole nitrogens is 2. The summed E-state index contributed by atoms with van der Waals surface area (Å²) in [6, 6.07) is 18.3. The van der Waals surface area contributed by atoms with Crippen molar-refractivity contribution in [3.63, 3.8) is 0 Å². The van der Waals surface area contributed by atoms with Crippen LogP contribution in [0.15, 0.2) is 72.4 Å². The highest BCUT2D eigenvalue weighted by Crippen LogP contribution is 2.50. The molecule has 4 heterocycles. The zero-order valence-corrected chi connectivity index (χ0v) is 32.7. The number of imidazole rings is 2. The highest BCUT2D eigenvalue weighted by Gasteiger charge is 2.51. The number of nitrogens with zero attached hydrogens (tertiary/aromatic N) is 4. The number of aromatic nitrogens is 4. The van der Waals surface area contributed by atoms with Crippen LogP contribution in [0.2, 0.25) is 0 Å². The summed E-state index contributed by atoms with van der Waals surface area (Å²) in [5, 5.41) is 5.01. The first-order valence-electron chi connectivity index (χ1n) is 19.6. The van der Waals surface area contributed by atoms with Gasteiger partial charge in [-0.1, -0.05) is 76.6 Å². The third kappa shape index (κ3) is 6.67. The van der Waals surface area contributed by atoms with Gasteiger partial charge in [0.1, 0.15) is 23.7 Å². The van der Waals surface area contributed by atoms with Crippen LogP contribution in [0.3, 0.4) is 0 Å². The van der Waals surface area contributed by atoms with Crippen molar-refractivity contribution in [3.8, 4) is 22.4 Å². The largest absolute Gasteiger partial charge is 0.453 e. The first kappa shape index (κ1) is 36.5. The number of hydrogen-bond acceptors (Lipinski definition) is 6. The molecule has 11 heteroatoms. The number of fused-ring (bicyclic) bond motifs is 4. The number of piperidine rings is 1. The maximum atomic E-state index is 14.0. The number of nitrogens with one attached hydrogen (secondary N) is 3. The van der Waals surface area contributed by atoms with E-state index in [0.29, 0.717) is 12.5 Å². The number of carbonyl (C=O) groups is 3. The Morgan fingerprint density at radius 1 is 0.855 bits per heavy atom. The minimum atomic E-state index is -0.675. The number of hydrogen-bond donors (Lipinski definition) is 3. The van der Waals surface area contributed by atoms with Crippen molar-refractivity contribution in [2.75, 3.05) is 13.7 Å². The molecule has 3 N–H and O–H groups in total. The van der Waals surface area contributed by atoms with E-state index in [1.807, 2.05) is 42.8 Å². The molecule has 286 valence electrons. The molecule has 0 unspecified atom stereocenters. The monoisotopic (exact) mass is 741 g/mol. The van der Waals surface area contributed by atoms with Crippen LogP contribution in [0.4, 0.5) is 4.79 Å². The van der Waals surface area contributed by atoms with Gasteiger partial charge in [0.15, 0.2) is 0 Å². The molecule has 0 spiro atoms. The highest BCUT2D eigenvalue weighted by molar-refractivity contribution is 5.92. The van der Waals surface area contributed by atoms with Crippen LogP contribution in [0.1, 0.15) is 84.5 Å². The summed E-state index contributed by atoms with van der Waals surface area (Å²) >= 11 is 0. The van der Waals surface area contributed by atoms with E-state index in [4.69, 9.17) is 14.7 Å². The van der Waals surface area contributed by atoms with Crippen molar-refractivity contribution >= 4 is 39.7 Å². The SMILES string of the molecule is COC(=O)N[C@H](C(=O)N1[C@H]2CC[C@H](C2)[C@H]1c1nc2ccc(-c3ccc4cc(-c5cnc([C@@H]6C=C(C)CN6C(=O)[C@@H](C)C(C)C)[nH]5)ccc4c3)cc2[nH]1)C(C)C. The third-order valence-electron chi connectivity index (χ3n) is 12.2. The zero-order chi connectivity index (χ0) is 38.7. The molecule has 5 aromatic rings. The summed E-state index contributed by atoms with van der Waals surface area (Å²) in [4.78, 5) is 60.3. The number of methoxy groups -OCH3 is 1. The predicted octanol–water partition coefficient (Wildman–Crippen LogP) is 8.33. The van der Waals surface area contributed by atoms with Crippen molar-refractivity contribution < 1.29 is 19.1 Å². The molecule has 3 aliphatic rings. The molecule has 8 rings (SSSR count). The van der Waals surface area contributed by atoms with E-state index in [0.717, 1.165) is 75.1 Å². The first-order chi connectivity index (χ1) is 26.4. The molecule has 3 aromatic carbocycles. The average Bonchev–Trinajstić information content (AvgIpc) is 4.03. The van der Waals surface area contributed by atoms with Crippen LogP contribution in [-0.2, 0) is 14.3 Å². The van der Waals surface area contributed by atoms with Gasteiger partial charge >= 0.3 is 6.09 Å². The third-order valence-corrected chi connectivity index (χ3v) is 12.2. The lowest BCUT2D eigenvalue weighted by Gasteiger charge is -2.37. The lowest BCUT2D eigenvalue weighted by molar-refractivity contribution is -0.139. The van der Waals surface area contributed by atoms with Crippen molar-refractivity contribution in [3.05, 3.63) is 84.1 Å². The Balaban J connectivity index is 1.02. The summed E-state index contributed by atoms with van der Waals surface area (Å²) in [6.45, 7) is 12.8. The molecule has 1 saturated carbocycles. The Morgan fingerprint density at radius 3 is 2.29 bits per heavy atom. The average molecular weight is 742 g/mol. The van der Waals surface area contributed by atoms with Gasteiger partial charge in [-0.25, -0.2) is 14.8 Å². The lowest BCUT2D eigenvalue weighted by atomic mass is 9.95. The minimum Gasteiger partial charge on any atom is -0.453 e. The summed E-state index contributed by atoms with van der Waals surface area (Å²) in [5.41, 5.74) is 7.07.